The second-order valence-electron chi connectivity index (χ2n) is 4.58. The van der Waals surface area contributed by atoms with Crippen LogP contribution >= 0.6 is 11.6 Å². The number of nitrogens with zero attached hydrogens (tertiary/aromatic N) is 4. The maximum absolute atomic E-state index is 12.9. The molecule has 112 valence electrons. The largest absolute Gasteiger partial charge is 0.324 e. The maximum atomic E-state index is 12.9. The van der Waals surface area contributed by atoms with E-state index in [1.807, 2.05) is 19.1 Å². The summed E-state index contributed by atoms with van der Waals surface area (Å²) in [6, 6.07) is 10.2. The second-order valence-corrected chi connectivity index (χ2v) is 5.01. The molecular weight excluding hydrogens is 305 g/mol. The third-order valence-electron chi connectivity index (χ3n) is 3.06. The van der Waals surface area contributed by atoms with E-state index in [0.717, 1.165) is 5.69 Å². The van der Waals surface area contributed by atoms with E-state index in [1.165, 1.54) is 12.3 Å². The Labute approximate surface area is 131 Å². The molecule has 1 aromatic carbocycles. The Morgan fingerprint density at radius 3 is 2.59 bits per heavy atom. The summed E-state index contributed by atoms with van der Waals surface area (Å²) in [6.45, 7) is 2.62. The Kier molecular flexibility index (Phi) is 4.02. The molecule has 2 heterocycles. The number of pyridine rings is 1. The average molecular weight is 318 g/mol. The number of anilines is 2. The highest BCUT2D eigenvalue weighted by Crippen LogP contribution is 2.21. The van der Waals surface area contributed by atoms with E-state index in [4.69, 9.17) is 11.6 Å². The molecule has 7 heteroatoms. The highest BCUT2D eigenvalue weighted by Gasteiger charge is 2.11. The van der Waals surface area contributed by atoms with E-state index in [9.17, 15) is 4.39 Å². The van der Waals surface area contributed by atoms with Crippen LogP contribution in [0.5, 0.6) is 0 Å². The van der Waals surface area contributed by atoms with Crippen molar-refractivity contribution in [1.82, 2.24) is 19.7 Å². The summed E-state index contributed by atoms with van der Waals surface area (Å²) in [5.41, 5.74) is 1.52. The molecule has 0 radical (unpaired) electrons. The third kappa shape index (κ3) is 3.07. The minimum absolute atomic E-state index is 0.491. The van der Waals surface area contributed by atoms with Gasteiger partial charge >= 0.3 is 0 Å². The second kappa shape index (κ2) is 6.11. The van der Waals surface area contributed by atoms with Crippen LogP contribution in [0, 0.1) is 5.95 Å². The van der Waals surface area contributed by atoms with Crippen molar-refractivity contribution >= 4 is 23.2 Å². The first kappa shape index (κ1) is 14.5. The van der Waals surface area contributed by atoms with E-state index < -0.39 is 5.95 Å². The molecule has 22 heavy (non-hydrogen) atoms. The van der Waals surface area contributed by atoms with Crippen LogP contribution in [0.25, 0.3) is 11.4 Å². The molecule has 0 spiro atoms. The maximum Gasteiger partial charge on any atom is 0.226 e. The summed E-state index contributed by atoms with van der Waals surface area (Å²) in [7, 11) is 0. The van der Waals surface area contributed by atoms with E-state index in [-0.39, 0.29) is 0 Å². The highest BCUT2D eigenvalue weighted by molar-refractivity contribution is 6.30. The number of hydrogen-bond acceptors (Lipinski definition) is 4. The molecule has 0 amide bonds. The number of rotatable bonds is 4. The fourth-order valence-electron chi connectivity index (χ4n) is 1.95. The lowest BCUT2D eigenvalue weighted by Gasteiger charge is -2.05. The molecule has 3 rings (SSSR count). The molecule has 0 aliphatic heterocycles. The molecule has 0 unspecified atom stereocenters. The summed E-state index contributed by atoms with van der Waals surface area (Å²) in [5.74, 6) is 0.563. The lowest BCUT2D eigenvalue weighted by Crippen LogP contribution is -2.03. The Bertz CT molecular complexity index is 768. The predicted octanol–water partition coefficient (Wildman–Crippen LogP) is 3.90. The molecule has 2 aromatic heterocycles. The number of nitrogens with one attached hydrogen (secondary N) is 1. The summed E-state index contributed by atoms with van der Waals surface area (Å²) < 4.78 is 14.6. The van der Waals surface area contributed by atoms with Crippen molar-refractivity contribution < 1.29 is 4.39 Å². The lowest BCUT2D eigenvalue weighted by atomic mass is 10.3. The van der Waals surface area contributed by atoms with Gasteiger partial charge in [0, 0.05) is 29.0 Å². The zero-order valence-corrected chi connectivity index (χ0v) is 12.5. The molecular formula is C15H13ClFN5. The van der Waals surface area contributed by atoms with Crippen molar-refractivity contribution in [2.24, 2.45) is 0 Å². The van der Waals surface area contributed by atoms with Gasteiger partial charge in [-0.3, -0.25) is 0 Å². The van der Waals surface area contributed by atoms with Crippen LogP contribution in [0.1, 0.15) is 6.92 Å². The first-order chi connectivity index (χ1) is 10.7. The predicted molar refractivity (Wildman–Crippen MR) is 83.6 cm³/mol. The van der Waals surface area contributed by atoms with Gasteiger partial charge in [-0.05, 0) is 43.3 Å². The fraction of sp³-hybridized carbons (Fsp3) is 0.133. The van der Waals surface area contributed by atoms with Crippen molar-refractivity contribution in [2.75, 3.05) is 5.32 Å². The van der Waals surface area contributed by atoms with Crippen molar-refractivity contribution in [3.05, 3.63) is 53.6 Å². The van der Waals surface area contributed by atoms with Gasteiger partial charge in [0.25, 0.3) is 0 Å². The Morgan fingerprint density at radius 1 is 1.18 bits per heavy atom. The van der Waals surface area contributed by atoms with Crippen LogP contribution in [-0.2, 0) is 6.54 Å². The van der Waals surface area contributed by atoms with Gasteiger partial charge in [-0.15, -0.1) is 5.10 Å². The van der Waals surface area contributed by atoms with Crippen LogP contribution in [0.2, 0.25) is 5.02 Å². The third-order valence-corrected chi connectivity index (χ3v) is 3.31. The van der Waals surface area contributed by atoms with Crippen LogP contribution in [0.15, 0.2) is 42.6 Å². The first-order valence-electron chi connectivity index (χ1n) is 6.75. The number of halogens is 2. The zero-order valence-electron chi connectivity index (χ0n) is 11.8. The smallest absolute Gasteiger partial charge is 0.226 e. The fourth-order valence-corrected chi connectivity index (χ4v) is 2.07. The van der Waals surface area contributed by atoms with Crippen molar-refractivity contribution in [3.8, 4) is 11.4 Å². The molecule has 1 N–H and O–H groups in total. The molecule has 0 aliphatic carbocycles. The van der Waals surface area contributed by atoms with Gasteiger partial charge in [-0.1, -0.05) is 11.6 Å². The lowest BCUT2D eigenvalue weighted by molar-refractivity contribution is 0.584. The highest BCUT2D eigenvalue weighted by atomic mass is 35.5. The number of hydrogen-bond donors (Lipinski definition) is 1. The van der Waals surface area contributed by atoms with Crippen molar-refractivity contribution in [3.63, 3.8) is 0 Å². The summed E-state index contributed by atoms with van der Waals surface area (Å²) in [6.07, 6.45) is 1.41. The normalized spacial score (nSPS) is 10.7. The minimum atomic E-state index is -0.529. The monoisotopic (exact) mass is 317 g/mol. The molecule has 0 aliphatic rings. The van der Waals surface area contributed by atoms with Gasteiger partial charge < -0.3 is 5.32 Å². The average Bonchev–Trinajstić information content (AvgIpc) is 2.93. The first-order valence-corrected chi connectivity index (χ1v) is 7.13. The standard InChI is InChI=1S/C15H13ClFN5/c1-2-22-15(19-12-6-4-11(16)5-7-12)20-14(21-22)10-3-8-13(17)18-9-10/h3-9H,2H2,1H3,(H,19,20,21). The van der Waals surface area contributed by atoms with Crippen LogP contribution < -0.4 is 5.32 Å². The topological polar surface area (TPSA) is 55.6 Å². The van der Waals surface area contributed by atoms with Gasteiger partial charge in [0.2, 0.25) is 11.9 Å². The van der Waals surface area contributed by atoms with Gasteiger partial charge in [-0.25, -0.2) is 9.67 Å². The Hall–Kier alpha value is -2.47. The van der Waals surface area contributed by atoms with E-state index in [1.54, 1.807) is 22.9 Å². The number of benzene rings is 1. The molecule has 0 saturated heterocycles. The van der Waals surface area contributed by atoms with Crippen LogP contribution in [0.4, 0.5) is 16.0 Å². The number of aryl methyl sites for hydroxylation is 1. The van der Waals surface area contributed by atoms with Crippen LogP contribution in [-0.4, -0.2) is 19.7 Å². The van der Waals surface area contributed by atoms with E-state index in [0.29, 0.717) is 28.9 Å². The van der Waals surface area contributed by atoms with Gasteiger partial charge in [0.1, 0.15) is 0 Å². The van der Waals surface area contributed by atoms with Gasteiger partial charge in [0.05, 0.1) is 0 Å². The molecule has 0 saturated carbocycles. The molecule has 3 aromatic rings. The number of aromatic nitrogens is 4. The van der Waals surface area contributed by atoms with Gasteiger partial charge in [-0.2, -0.15) is 9.37 Å². The minimum Gasteiger partial charge on any atom is -0.324 e. The molecule has 0 atom stereocenters. The van der Waals surface area contributed by atoms with Crippen molar-refractivity contribution in [1.29, 1.82) is 0 Å². The van der Waals surface area contributed by atoms with Gasteiger partial charge in [0.15, 0.2) is 5.82 Å². The Morgan fingerprint density at radius 2 is 1.95 bits per heavy atom. The van der Waals surface area contributed by atoms with Crippen molar-refractivity contribution in [2.45, 2.75) is 13.5 Å². The Balaban J connectivity index is 1.91. The van der Waals surface area contributed by atoms with E-state index in [2.05, 4.69) is 20.4 Å². The molecule has 0 fully saturated rings. The molecule has 0 bridgehead atoms. The zero-order chi connectivity index (χ0) is 15.5. The summed E-state index contributed by atoms with van der Waals surface area (Å²) in [4.78, 5) is 8.07. The quantitative estimate of drug-likeness (QED) is 0.742. The summed E-state index contributed by atoms with van der Waals surface area (Å²) in [5, 5.41) is 8.25. The van der Waals surface area contributed by atoms with Crippen LogP contribution in [0.3, 0.4) is 0 Å². The summed E-state index contributed by atoms with van der Waals surface area (Å²) >= 11 is 5.87. The van der Waals surface area contributed by atoms with E-state index >= 15 is 0 Å². The SMILES string of the molecule is CCn1nc(-c2ccc(F)nc2)nc1Nc1ccc(Cl)cc1. The molecule has 5 nitrogen and oxygen atoms in total.